The van der Waals surface area contributed by atoms with E-state index in [2.05, 4.69) is 32.2 Å². The van der Waals surface area contributed by atoms with E-state index < -0.39 is 0 Å². The number of anilines is 1. The van der Waals surface area contributed by atoms with Crippen LogP contribution in [-0.4, -0.2) is 12.5 Å². The monoisotopic (exact) mass is 262 g/mol. The highest BCUT2D eigenvalue weighted by molar-refractivity contribution is 5.94. The van der Waals surface area contributed by atoms with Crippen LogP contribution in [0.25, 0.3) is 0 Å². The molecule has 106 valence electrons. The van der Waals surface area contributed by atoms with E-state index in [4.69, 9.17) is 5.73 Å². The SMILES string of the molecule is CCCC(CN)C(=O)Nc1c(C)cccc1C(C)C. The van der Waals surface area contributed by atoms with Gasteiger partial charge in [0.25, 0.3) is 0 Å². The number of benzene rings is 1. The minimum atomic E-state index is -0.0929. The topological polar surface area (TPSA) is 55.1 Å². The lowest BCUT2D eigenvalue weighted by Gasteiger charge is -2.19. The van der Waals surface area contributed by atoms with E-state index in [1.807, 2.05) is 19.1 Å². The Morgan fingerprint density at radius 2 is 2.05 bits per heavy atom. The molecule has 1 unspecified atom stereocenters. The molecule has 3 heteroatoms. The Labute approximate surface area is 116 Å². The van der Waals surface area contributed by atoms with Crippen molar-refractivity contribution in [3.8, 4) is 0 Å². The highest BCUT2D eigenvalue weighted by Crippen LogP contribution is 2.28. The quantitative estimate of drug-likeness (QED) is 0.825. The Bertz CT molecular complexity index is 427. The summed E-state index contributed by atoms with van der Waals surface area (Å²) in [6.07, 6.45) is 1.81. The van der Waals surface area contributed by atoms with Crippen LogP contribution in [0.15, 0.2) is 18.2 Å². The maximum atomic E-state index is 12.3. The molecule has 0 aliphatic heterocycles. The molecule has 3 N–H and O–H groups in total. The lowest BCUT2D eigenvalue weighted by molar-refractivity contribution is -0.119. The standard InChI is InChI=1S/C16H26N2O/c1-5-7-13(10-17)16(19)18-15-12(4)8-6-9-14(15)11(2)3/h6,8-9,11,13H,5,7,10,17H2,1-4H3,(H,18,19). The molecule has 0 saturated carbocycles. The van der Waals surface area contributed by atoms with Gasteiger partial charge in [0, 0.05) is 12.2 Å². The largest absolute Gasteiger partial charge is 0.330 e. The molecule has 0 aromatic heterocycles. The minimum Gasteiger partial charge on any atom is -0.330 e. The summed E-state index contributed by atoms with van der Waals surface area (Å²) in [5.41, 5.74) is 8.93. The third-order valence-electron chi connectivity index (χ3n) is 3.47. The van der Waals surface area contributed by atoms with Crippen molar-refractivity contribution in [3.05, 3.63) is 29.3 Å². The average molecular weight is 262 g/mol. The Morgan fingerprint density at radius 3 is 2.58 bits per heavy atom. The minimum absolute atomic E-state index is 0.0422. The number of aryl methyl sites for hydroxylation is 1. The third kappa shape index (κ3) is 4.06. The molecule has 1 aromatic rings. The molecule has 1 rings (SSSR count). The summed E-state index contributed by atoms with van der Waals surface area (Å²) in [6, 6.07) is 6.14. The summed E-state index contributed by atoms with van der Waals surface area (Å²) in [7, 11) is 0. The highest BCUT2D eigenvalue weighted by Gasteiger charge is 2.18. The third-order valence-corrected chi connectivity index (χ3v) is 3.47. The predicted molar refractivity (Wildman–Crippen MR) is 81.4 cm³/mol. The molecule has 0 spiro atoms. The molecule has 1 atom stereocenters. The Kier molecular flexibility index (Phi) is 6.03. The molecule has 0 saturated heterocycles. The van der Waals surface area contributed by atoms with E-state index in [0.29, 0.717) is 12.5 Å². The second-order valence-electron chi connectivity index (χ2n) is 5.40. The zero-order valence-electron chi connectivity index (χ0n) is 12.5. The van der Waals surface area contributed by atoms with Crippen molar-refractivity contribution >= 4 is 11.6 Å². The Balaban J connectivity index is 2.95. The second-order valence-corrected chi connectivity index (χ2v) is 5.40. The van der Waals surface area contributed by atoms with E-state index in [1.165, 1.54) is 5.56 Å². The summed E-state index contributed by atoms with van der Waals surface area (Å²) in [4.78, 5) is 12.3. The number of nitrogens with one attached hydrogen (secondary N) is 1. The number of rotatable bonds is 6. The molecule has 0 fully saturated rings. The van der Waals surface area contributed by atoms with Crippen LogP contribution in [0.2, 0.25) is 0 Å². The molecular weight excluding hydrogens is 236 g/mol. The van der Waals surface area contributed by atoms with Crippen molar-refractivity contribution < 1.29 is 4.79 Å². The first-order valence-corrected chi connectivity index (χ1v) is 7.11. The van der Waals surface area contributed by atoms with Gasteiger partial charge in [0.1, 0.15) is 0 Å². The zero-order chi connectivity index (χ0) is 14.4. The van der Waals surface area contributed by atoms with Crippen molar-refractivity contribution in [2.24, 2.45) is 11.7 Å². The summed E-state index contributed by atoms with van der Waals surface area (Å²) >= 11 is 0. The molecule has 0 heterocycles. The van der Waals surface area contributed by atoms with Crippen molar-refractivity contribution in [2.45, 2.75) is 46.5 Å². The summed E-state index contributed by atoms with van der Waals surface area (Å²) in [6.45, 7) is 8.78. The summed E-state index contributed by atoms with van der Waals surface area (Å²) in [5, 5.41) is 3.08. The van der Waals surface area contributed by atoms with Gasteiger partial charge in [-0.1, -0.05) is 45.4 Å². The smallest absolute Gasteiger partial charge is 0.228 e. The Morgan fingerprint density at radius 1 is 1.37 bits per heavy atom. The number of hydrogen-bond acceptors (Lipinski definition) is 2. The molecule has 0 aliphatic carbocycles. The molecule has 1 aromatic carbocycles. The second kappa shape index (κ2) is 7.29. The first-order chi connectivity index (χ1) is 9.01. The fourth-order valence-electron chi connectivity index (χ4n) is 2.27. The number of nitrogens with two attached hydrogens (primary N) is 1. The molecule has 0 radical (unpaired) electrons. The van der Waals surface area contributed by atoms with Crippen LogP contribution >= 0.6 is 0 Å². The van der Waals surface area contributed by atoms with Gasteiger partial charge in [-0.3, -0.25) is 4.79 Å². The number of amides is 1. The van der Waals surface area contributed by atoms with Crippen LogP contribution in [0.4, 0.5) is 5.69 Å². The molecule has 0 aliphatic rings. The van der Waals surface area contributed by atoms with Crippen molar-refractivity contribution in [3.63, 3.8) is 0 Å². The molecule has 19 heavy (non-hydrogen) atoms. The van der Waals surface area contributed by atoms with Gasteiger partial charge in [0.05, 0.1) is 5.92 Å². The Hall–Kier alpha value is -1.35. The fourth-order valence-corrected chi connectivity index (χ4v) is 2.27. The van der Waals surface area contributed by atoms with Crippen molar-refractivity contribution in [1.82, 2.24) is 0 Å². The van der Waals surface area contributed by atoms with Gasteiger partial charge >= 0.3 is 0 Å². The van der Waals surface area contributed by atoms with Crippen LogP contribution in [0.1, 0.15) is 50.7 Å². The highest BCUT2D eigenvalue weighted by atomic mass is 16.1. The number of hydrogen-bond donors (Lipinski definition) is 2. The molecular formula is C16H26N2O. The van der Waals surface area contributed by atoms with Gasteiger partial charge in [-0.15, -0.1) is 0 Å². The van der Waals surface area contributed by atoms with Crippen LogP contribution in [0, 0.1) is 12.8 Å². The summed E-state index contributed by atoms with van der Waals surface area (Å²) < 4.78 is 0. The van der Waals surface area contributed by atoms with E-state index in [-0.39, 0.29) is 11.8 Å². The number of carbonyl (C=O) groups excluding carboxylic acids is 1. The van der Waals surface area contributed by atoms with Gasteiger partial charge in [0.15, 0.2) is 0 Å². The average Bonchev–Trinajstić information content (AvgIpc) is 2.37. The fraction of sp³-hybridized carbons (Fsp3) is 0.562. The van der Waals surface area contributed by atoms with E-state index in [1.54, 1.807) is 0 Å². The van der Waals surface area contributed by atoms with Gasteiger partial charge < -0.3 is 11.1 Å². The summed E-state index contributed by atoms with van der Waals surface area (Å²) in [5.74, 6) is 0.336. The first kappa shape index (κ1) is 15.7. The maximum Gasteiger partial charge on any atom is 0.228 e. The molecule has 3 nitrogen and oxygen atoms in total. The first-order valence-electron chi connectivity index (χ1n) is 7.11. The van der Waals surface area contributed by atoms with Gasteiger partial charge in [-0.05, 0) is 30.4 Å². The van der Waals surface area contributed by atoms with Crippen LogP contribution in [0.5, 0.6) is 0 Å². The van der Waals surface area contributed by atoms with Crippen LogP contribution in [0.3, 0.4) is 0 Å². The maximum absolute atomic E-state index is 12.3. The van der Waals surface area contributed by atoms with Crippen LogP contribution < -0.4 is 11.1 Å². The number of para-hydroxylation sites is 1. The number of carbonyl (C=O) groups is 1. The van der Waals surface area contributed by atoms with Gasteiger partial charge in [0.2, 0.25) is 5.91 Å². The predicted octanol–water partition coefficient (Wildman–Crippen LogP) is 3.43. The lowest BCUT2D eigenvalue weighted by atomic mass is 9.97. The normalized spacial score (nSPS) is 12.5. The van der Waals surface area contributed by atoms with Crippen molar-refractivity contribution in [1.29, 1.82) is 0 Å². The molecule has 0 bridgehead atoms. The molecule has 1 amide bonds. The zero-order valence-corrected chi connectivity index (χ0v) is 12.5. The van der Waals surface area contributed by atoms with Crippen LogP contribution in [-0.2, 0) is 4.79 Å². The lowest BCUT2D eigenvalue weighted by Crippen LogP contribution is -2.29. The van der Waals surface area contributed by atoms with Gasteiger partial charge in [-0.25, -0.2) is 0 Å². The van der Waals surface area contributed by atoms with E-state index >= 15 is 0 Å². The van der Waals surface area contributed by atoms with E-state index in [9.17, 15) is 4.79 Å². The van der Waals surface area contributed by atoms with Gasteiger partial charge in [-0.2, -0.15) is 0 Å². The van der Waals surface area contributed by atoms with E-state index in [0.717, 1.165) is 24.1 Å². The van der Waals surface area contributed by atoms with Crippen molar-refractivity contribution in [2.75, 3.05) is 11.9 Å².